The first kappa shape index (κ1) is 18.8. The van der Waals surface area contributed by atoms with Crippen LogP contribution in [0.4, 0.5) is 5.69 Å². The number of fused-ring (bicyclic) bond motifs is 1. The molecule has 1 atom stereocenters. The molecule has 0 bridgehead atoms. The molecule has 3 heterocycles. The van der Waals surface area contributed by atoms with E-state index in [4.69, 9.17) is 9.47 Å². The van der Waals surface area contributed by atoms with Crippen molar-refractivity contribution in [1.29, 1.82) is 0 Å². The first-order valence-corrected chi connectivity index (χ1v) is 10.4. The van der Waals surface area contributed by atoms with Crippen molar-refractivity contribution >= 4 is 5.69 Å². The second-order valence-corrected chi connectivity index (χ2v) is 8.25. The molecule has 1 aromatic carbocycles. The molecule has 1 N–H and O–H groups in total. The van der Waals surface area contributed by atoms with Crippen molar-refractivity contribution in [1.82, 2.24) is 9.80 Å². The lowest BCUT2D eigenvalue weighted by molar-refractivity contribution is 0.0134. The molecule has 3 aliphatic heterocycles. The summed E-state index contributed by atoms with van der Waals surface area (Å²) >= 11 is 0. The van der Waals surface area contributed by atoms with Gasteiger partial charge in [0.25, 0.3) is 0 Å². The summed E-state index contributed by atoms with van der Waals surface area (Å²) in [7, 11) is 0. The summed E-state index contributed by atoms with van der Waals surface area (Å²) in [6.07, 6.45) is 3.27. The van der Waals surface area contributed by atoms with Crippen LogP contribution >= 0.6 is 0 Å². The van der Waals surface area contributed by atoms with E-state index < -0.39 is 0 Å². The number of ether oxygens (including phenoxy) is 2. The van der Waals surface area contributed by atoms with E-state index in [9.17, 15) is 5.11 Å². The van der Waals surface area contributed by atoms with Gasteiger partial charge < -0.3 is 19.5 Å². The highest BCUT2D eigenvalue weighted by Crippen LogP contribution is 2.36. The van der Waals surface area contributed by atoms with Crippen molar-refractivity contribution < 1.29 is 14.6 Å². The molecule has 1 aromatic rings. The van der Waals surface area contributed by atoms with E-state index in [0.29, 0.717) is 24.9 Å². The van der Waals surface area contributed by atoms with Gasteiger partial charge in [0, 0.05) is 69.2 Å². The summed E-state index contributed by atoms with van der Waals surface area (Å²) in [5.74, 6) is 1.72. The van der Waals surface area contributed by atoms with E-state index in [-0.39, 0.29) is 6.61 Å². The largest absolute Gasteiger partial charge is 0.454 e. The molecule has 0 aromatic heterocycles. The number of benzene rings is 1. The fourth-order valence-electron chi connectivity index (χ4n) is 4.88. The molecule has 3 aliphatic rings. The summed E-state index contributed by atoms with van der Waals surface area (Å²) in [6.45, 7) is 10.7. The maximum atomic E-state index is 9.47. The Labute approximate surface area is 162 Å². The second-order valence-electron chi connectivity index (χ2n) is 8.25. The van der Waals surface area contributed by atoms with Gasteiger partial charge in [-0.25, -0.2) is 0 Å². The zero-order valence-corrected chi connectivity index (χ0v) is 16.6. The van der Waals surface area contributed by atoms with Crippen molar-refractivity contribution in [2.75, 3.05) is 51.0 Å². The number of nitrogens with zero attached hydrogens (tertiary/aromatic N) is 3. The maximum Gasteiger partial charge on any atom is 0.231 e. The van der Waals surface area contributed by atoms with Gasteiger partial charge in [-0.3, -0.25) is 9.80 Å². The van der Waals surface area contributed by atoms with Crippen molar-refractivity contribution in [3.8, 4) is 11.5 Å². The van der Waals surface area contributed by atoms with Crippen LogP contribution in [0, 0.1) is 0 Å². The highest BCUT2D eigenvalue weighted by Gasteiger charge is 2.33. The quantitative estimate of drug-likeness (QED) is 0.851. The molecule has 0 saturated carbocycles. The van der Waals surface area contributed by atoms with Crippen LogP contribution in [0.3, 0.4) is 0 Å². The third kappa shape index (κ3) is 4.03. The fourth-order valence-corrected chi connectivity index (χ4v) is 4.88. The molecule has 0 amide bonds. The molecule has 4 rings (SSSR count). The van der Waals surface area contributed by atoms with Crippen LogP contribution in [0.25, 0.3) is 0 Å². The van der Waals surface area contributed by atoms with Crippen LogP contribution < -0.4 is 14.4 Å². The first-order chi connectivity index (χ1) is 13.2. The Morgan fingerprint density at radius 2 is 1.85 bits per heavy atom. The maximum absolute atomic E-state index is 9.47. The van der Waals surface area contributed by atoms with Gasteiger partial charge in [-0.2, -0.15) is 0 Å². The average molecular weight is 376 g/mol. The minimum Gasteiger partial charge on any atom is -0.454 e. The number of piperazine rings is 1. The van der Waals surface area contributed by atoms with Gasteiger partial charge in [-0.15, -0.1) is 0 Å². The van der Waals surface area contributed by atoms with Crippen LogP contribution in [-0.4, -0.2) is 79.2 Å². The zero-order chi connectivity index (χ0) is 18.8. The molecule has 2 fully saturated rings. The van der Waals surface area contributed by atoms with Crippen LogP contribution in [-0.2, 0) is 0 Å². The van der Waals surface area contributed by atoms with Gasteiger partial charge in [-0.05, 0) is 45.2 Å². The molecule has 0 unspecified atom stereocenters. The number of hydrogen-bond acceptors (Lipinski definition) is 6. The SMILES string of the molecule is CC(C)N1CCN(C2CCN(c3ccc4c(c3)OCO4)CC2)C[C@@H]1CCO. The summed E-state index contributed by atoms with van der Waals surface area (Å²) in [5, 5.41) is 9.47. The van der Waals surface area contributed by atoms with Crippen LogP contribution in [0.2, 0.25) is 0 Å². The average Bonchev–Trinajstić information content (AvgIpc) is 3.16. The van der Waals surface area contributed by atoms with Crippen molar-refractivity contribution in [2.45, 2.75) is 51.2 Å². The van der Waals surface area contributed by atoms with Crippen molar-refractivity contribution in [3.63, 3.8) is 0 Å². The Morgan fingerprint density at radius 3 is 2.59 bits per heavy atom. The lowest BCUT2D eigenvalue weighted by Crippen LogP contribution is -2.59. The van der Waals surface area contributed by atoms with Crippen molar-refractivity contribution in [3.05, 3.63) is 18.2 Å². The van der Waals surface area contributed by atoms with E-state index in [2.05, 4.69) is 40.7 Å². The summed E-state index contributed by atoms with van der Waals surface area (Å²) in [5.41, 5.74) is 1.24. The normalized spacial score (nSPS) is 24.7. The van der Waals surface area contributed by atoms with Crippen LogP contribution in [0.15, 0.2) is 18.2 Å². The molecule has 150 valence electrons. The van der Waals surface area contributed by atoms with E-state index in [1.54, 1.807) is 0 Å². The minimum absolute atomic E-state index is 0.282. The lowest BCUT2D eigenvalue weighted by atomic mass is 9.98. The number of hydrogen-bond donors (Lipinski definition) is 1. The smallest absolute Gasteiger partial charge is 0.231 e. The van der Waals surface area contributed by atoms with Crippen LogP contribution in [0.5, 0.6) is 11.5 Å². The number of piperidine rings is 1. The monoisotopic (exact) mass is 375 g/mol. The van der Waals surface area contributed by atoms with Gasteiger partial charge in [-0.1, -0.05) is 0 Å². The highest BCUT2D eigenvalue weighted by atomic mass is 16.7. The minimum atomic E-state index is 0.282. The second kappa shape index (κ2) is 8.25. The van der Waals surface area contributed by atoms with E-state index in [1.807, 2.05) is 6.07 Å². The van der Waals surface area contributed by atoms with Crippen molar-refractivity contribution in [2.24, 2.45) is 0 Å². The predicted molar refractivity (Wildman–Crippen MR) is 107 cm³/mol. The molecule has 0 radical (unpaired) electrons. The number of aliphatic hydroxyl groups excluding tert-OH is 1. The van der Waals surface area contributed by atoms with Gasteiger partial charge >= 0.3 is 0 Å². The standard InChI is InChI=1S/C21H33N3O3/c1-16(2)24-11-10-23(14-19(24)7-12-25)17-5-8-22(9-6-17)18-3-4-20-21(13-18)27-15-26-20/h3-4,13,16-17,19,25H,5-12,14-15H2,1-2H3/t19-/m0/s1. The van der Waals surface area contributed by atoms with Gasteiger partial charge in [0.05, 0.1) is 0 Å². The predicted octanol–water partition coefficient (Wildman–Crippen LogP) is 2.16. The molecule has 6 heteroatoms. The van der Waals surface area contributed by atoms with Gasteiger partial charge in [0.15, 0.2) is 11.5 Å². The summed E-state index contributed by atoms with van der Waals surface area (Å²) in [6, 6.07) is 7.97. The lowest BCUT2D eigenvalue weighted by Gasteiger charge is -2.48. The highest BCUT2D eigenvalue weighted by molar-refractivity contribution is 5.57. The van der Waals surface area contributed by atoms with Gasteiger partial charge in [0.2, 0.25) is 6.79 Å². The number of rotatable bonds is 5. The van der Waals surface area contributed by atoms with E-state index in [0.717, 1.165) is 50.6 Å². The molecule has 27 heavy (non-hydrogen) atoms. The Hall–Kier alpha value is -1.50. The van der Waals surface area contributed by atoms with E-state index in [1.165, 1.54) is 18.5 Å². The third-order valence-electron chi connectivity index (χ3n) is 6.39. The Bertz CT molecular complexity index is 631. The Morgan fingerprint density at radius 1 is 1.07 bits per heavy atom. The fraction of sp³-hybridized carbons (Fsp3) is 0.714. The topological polar surface area (TPSA) is 48.4 Å². The number of anilines is 1. The Kier molecular flexibility index (Phi) is 5.76. The Balaban J connectivity index is 1.34. The molecular formula is C21H33N3O3. The van der Waals surface area contributed by atoms with Gasteiger partial charge in [0.1, 0.15) is 0 Å². The molecule has 0 aliphatic carbocycles. The zero-order valence-electron chi connectivity index (χ0n) is 16.6. The number of aliphatic hydroxyl groups is 1. The molecule has 6 nitrogen and oxygen atoms in total. The third-order valence-corrected chi connectivity index (χ3v) is 6.39. The summed E-state index contributed by atoms with van der Waals surface area (Å²) in [4.78, 5) is 7.71. The summed E-state index contributed by atoms with van der Waals surface area (Å²) < 4.78 is 11.0. The van der Waals surface area contributed by atoms with E-state index >= 15 is 0 Å². The van der Waals surface area contributed by atoms with Crippen LogP contribution in [0.1, 0.15) is 33.1 Å². The first-order valence-electron chi connectivity index (χ1n) is 10.4. The molecule has 2 saturated heterocycles. The molecule has 0 spiro atoms. The molecular weight excluding hydrogens is 342 g/mol.